The van der Waals surface area contributed by atoms with Crippen LogP contribution in [0.5, 0.6) is 5.75 Å². The Morgan fingerprint density at radius 2 is 2.20 bits per heavy atom. The van der Waals surface area contributed by atoms with E-state index in [1.165, 1.54) is 6.20 Å². The number of hydrogen-bond acceptors (Lipinski definition) is 6. The smallest absolute Gasteiger partial charge is 0.267 e. The van der Waals surface area contributed by atoms with Gasteiger partial charge in [0.15, 0.2) is 0 Å². The van der Waals surface area contributed by atoms with E-state index in [2.05, 4.69) is 20.6 Å². The minimum atomic E-state index is -0.308. The van der Waals surface area contributed by atoms with E-state index in [-0.39, 0.29) is 11.7 Å². The van der Waals surface area contributed by atoms with Gasteiger partial charge in [0.1, 0.15) is 16.5 Å². The number of hydrogen-bond donors (Lipinski definition) is 4. The third kappa shape index (κ3) is 4.80. The molecule has 1 heterocycles. The van der Waals surface area contributed by atoms with Gasteiger partial charge in [-0.1, -0.05) is 17.4 Å². The van der Waals surface area contributed by atoms with Crippen LogP contribution in [0.4, 0.5) is 10.8 Å². The average molecular weight is 359 g/mol. The number of aromatic hydroxyl groups is 1. The third-order valence-electron chi connectivity index (χ3n) is 3.40. The molecule has 0 unspecified atom stereocenters. The summed E-state index contributed by atoms with van der Waals surface area (Å²) in [5.41, 5.74) is 7.85. The lowest BCUT2D eigenvalue weighted by Gasteiger charge is -2.11. The first-order valence-electron chi connectivity index (χ1n) is 7.72. The second-order valence-corrected chi connectivity index (χ2v) is 6.30. The van der Waals surface area contributed by atoms with Crippen LogP contribution < -0.4 is 16.4 Å². The van der Waals surface area contributed by atoms with Crippen molar-refractivity contribution in [1.29, 1.82) is 0 Å². The van der Waals surface area contributed by atoms with Crippen LogP contribution in [0.2, 0.25) is 0 Å². The van der Waals surface area contributed by atoms with Gasteiger partial charge < -0.3 is 21.5 Å². The van der Waals surface area contributed by atoms with Gasteiger partial charge in [-0.25, -0.2) is 9.98 Å². The molecule has 2 aromatic rings. The number of aliphatic imine (C=N–C) groups is 1. The zero-order valence-corrected chi connectivity index (χ0v) is 15.1. The van der Waals surface area contributed by atoms with Crippen molar-refractivity contribution >= 4 is 33.9 Å². The lowest BCUT2D eigenvalue weighted by Crippen LogP contribution is -2.12. The highest BCUT2D eigenvalue weighted by Gasteiger charge is 2.14. The molecule has 0 spiro atoms. The monoisotopic (exact) mass is 359 g/mol. The first-order chi connectivity index (χ1) is 11.9. The molecule has 0 atom stereocenters. The number of amides is 1. The number of phenols is 1. The number of amidine groups is 1. The number of aryl methyl sites for hydroxylation is 1. The predicted octanol–water partition coefficient (Wildman–Crippen LogP) is 2.83. The van der Waals surface area contributed by atoms with Crippen LogP contribution in [0.3, 0.4) is 0 Å². The number of carbonyl (C=O) groups is 1. The van der Waals surface area contributed by atoms with E-state index in [1.54, 1.807) is 31.3 Å². The first kappa shape index (κ1) is 18.5. The molecule has 5 N–H and O–H groups in total. The fraction of sp³-hybridized carbons (Fsp3) is 0.235. The molecule has 1 aromatic heterocycles. The Balaban J connectivity index is 2.13. The maximum absolute atomic E-state index is 12.4. The zero-order valence-electron chi connectivity index (χ0n) is 14.3. The minimum Gasteiger partial charge on any atom is -0.508 e. The Bertz CT molecular complexity index is 826. The predicted molar refractivity (Wildman–Crippen MR) is 102 cm³/mol. The van der Waals surface area contributed by atoms with Crippen molar-refractivity contribution in [1.82, 2.24) is 10.3 Å². The van der Waals surface area contributed by atoms with Crippen LogP contribution in [0.25, 0.3) is 0 Å². The molecule has 8 heteroatoms. The summed E-state index contributed by atoms with van der Waals surface area (Å²) < 4.78 is 0. The number of benzene rings is 1. The molecule has 2 rings (SSSR count). The Labute approximate surface area is 150 Å². The Hall–Kier alpha value is -2.87. The molecule has 0 fully saturated rings. The molecule has 0 bridgehead atoms. The van der Waals surface area contributed by atoms with Gasteiger partial charge in [0, 0.05) is 18.3 Å². The maximum Gasteiger partial charge on any atom is 0.267 e. The molecule has 0 saturated carbocycles. The van der Waals surface area contributed by atoms with Gasteiger partial charge in [-0.15, -0.1) is 0 Å². The number of anilines is 1. The van der Waals surface area contributed by atoms with Gasteiger partial charge in [0.05, 0.1) is 11.9 Å². The first-order valence-corrected chi connectivity index (χ1v) is 8.54. The normalized spacial score (nSPS) is 11.7. The number of phenolic OH excluding ortho intramolecular Hbond substituents is 1. The molecule has 0 aliphatic carbocycles. The average Bonchev–Trinajstić information content (AvgIpc) is 3.04. The summed E-state index contributed by atoms with van der Waals surface area (Å²) in [6.07, 6.45) is 4.78. The van der Waals surface area contributed by atoms with Crippen LogP contribution >= 0.6 is 11.3 Å². The second kappa shape index (κ2) is 8.29. The minimum absolute atomic E-state index is 0.135. The van der Waals surface area contributed by atoms with Crippen LogP contribution in [0.15, 0.2) is 35.6 Å². The van der Waals surface area contributed by atoms with E-state index >= 15 is 0 Å². The topological polar surface area (TPSA) is 113 Å². The molecule has 1 amide bonds. The molecule has 0 aliphatic heterocycles. The van der Waals surface area contributed by atoms with Crippen molar-refractivity contribution in [3.63, 3.8) is 0 Å². The second-order valence-electron chi connectivity index (χ2n) is 5.29. The number of nitrogens with two attached hydrogens (primary N) is 1. The highest BCUT2D eigenvalue weighted by molar-refractivity contribution is 7.17. The van der Waals surface area contributed by atoms with E-state index in [0.29, 0.717) is 27.1 Å². The van der Waals surface area contributed by atoms with Crippen molar-refractivity contribution in [2.75, 3.05) is 11.9 Å². The fourth-order valence-electron chi connectivity index (χ4n) is 2.03. The van der Waals surface area contributed by atoms with Gasteiger partial charge in [-0.3, -0.25) is 4.79 Å². The van der Waals surface area contributed by atoms with E-state index < -0.39 is 0 Å². The molecule has 1 aromatic carbocycles. The summed E-state index contributed by atoms with van der Waals surface area (Å²) in [6, 6.07) is 3.35. The van der Waals surface area contributed by atoms with Gasteiger partial charge in [-0.2, -0.15) is 0 Å². The molecule has 132 valence electrons. The number of carbonyl (C=O) groups excluding carboxylic acids is 1. The molecule has 0 radical (unpaired) electrons. The van der Waals surface area contributed by atoms with E-state index in [0.717, 1.165) is 23.4 Å². The highest BCUT2D eigenvalue weighted by atomic mass is 32.1. The quantitative estimate of drug-likeness (QED) is 0.468. The molecular formula is C17H21N5O2S. The Kier molecular flexibility index (Phi) is 6.13. The van der Waals surface area contributed by atoms with E-state index in [4.69, 9.17) is 5.73 Å². The summed E-state index contributed by atoms with van der Waals surface area (Å²) >= 11 is 1.14. The standard InChI is InChI=1S/C17H21N5O2S/c1-4-19-8-7-14(18)21-17-20-9-13(25-17)16(24)22-15-10(2)5-6-12(23)11(15)3/h5-9,19,23H,4H2,1-3H3,(H,22,24)(H2,18,20,21)/b8-7-. The number of nitrogens with one attached hydrogen (secondary N) is 2. The van der Waals surface area contributed by atoms with Crippen LogP contribution in [-0.2, 0) is 0 Å². The molecule has 7 nitrogen and oxygen atoms in total. The molecule has 0 aliphatic rings. The SMILES string of the molecule is CCN/C=C\C(N)=N/c1ncc(C(=O)Nc2c(C)ccc(O)c2C)s1. The number of nitrogens with zero attached hydrogens (tertiary/aromatic N) is 2. The van der Waals surface area contributed by atoms with Crippen molar-refractivity contribution in [2.24, 2.45) is 10.7 Å². The van der Waals surface area contributed by atoms with Crippen molar-refractivity contribution in [2.45, 2.75) is 20.8 Å². The summed E-state index contributed by atoms with van der Waals surface area (Å²) in [5.74, 6) is 0.121. The van der Waals surface area contributed by atoms with Gasteiger partial charge >= 0.3 is 0 Å². The molecule has 0 saturated heterocycles. The lowest BCUT2D eigenvalue weighted by atomic mass is 10.1. The zero-order chi connectivity index (χ0) is 18.4. The van der Waals surface area contributed by atoms with Gasteiger partial charge in [0.25, 0.3) is 5.91 Å². The highest BCUT2D eigenvalue weighted by Crippen LogP contribution is 2.29. The van der Waals surface area contributed by atoms with Crippen LogP contribution in [-0.4, -0.2) is 28.4 Å². The Morgan fingerprint density at radius 1 is 1.44 bits per heavy atom. The molecular weight excluding hydrogens is 338 g/mol. The van der Waals surface area contributed by atoms with Crippen molar-refractivity contribution in [3.8, 4) is 5.75 Å². The van der Waals surface area contributed by atoms with Gasteiger partial charge in [-0.05, 0) is 38.5 Å². The van der Waals surface area contributed by atoms with E-state index in [9.17, 15) is 9.90 Å². The fourth-order valence-corrected chi connectivity index (χ4v) is 2.74. The summed E-state index contributed by atoms with van der Waals surface area (Å²) in [7, 11) is 0. The number of thiazole rings is 1. The number of rotatable bonds is 6. The van der Waals surface area contributed by atoms with Gasteiger partial charge in [0.2, 0.25) is 5.13 Å². The summed E-state index contributed by atoms with van der Waals surface area (Å²) in [5, 5.41) is 16.0. The van der Waals surface area contributed by atoms with Crippen LogP contribution in [0.1, 0.15) is 27.7 Å². The third-order valence-corrected chi connectivity index (χ3v) is 4.29. The number of aromatic nitrogens is 1. The summed E-state index contributed by atoms with van der Waals surface area (Å²) in [4.78, 5) is 21.1. The van der Waals surface area contributed by atoms with E-state index in [1.807, 2.05) is 13.8 Å². The Morgan fingerprint density at radius 3 is 2.92 bits per heavy atom. The van der Waals surface area contributed by atoms with Crippen LogP contribution in [0, 0.1) is 13.8 Å². The maximum atomic E-state index is 12.4. The molecule has 25 heavy (non-hydrogen) atoms. The van der Waals surface area contributed by atoms with Crippen molar-refractivity contribution in [3.05, 3.63) is 46.6 Å². The van der Waals surface area contributed by atoms with Crippen molar-refractivity contribution < 1.29 is 9.90 Å². The summed E-state index contributed by atoms with van der Waals surface area (Å²) in [6.45, 7) is 6.37. The lowest BCUT2D eigenvalue weighted by molar-refractivity contribution is 0.103. The largest absolute Gasteiger partial charge is 0.508 e.